The van der Waals surface area contributed by atoms with E-state index in [-0.39, 0.29) is 11.3 Å². The normalized spacial score (nSPS) is 10.6. The zero-order chi connectivity index (χ0) is 13.1. The monoisotopic (exact) mass is 239 g/mol. The predicted octanol–water partition coefficient (Wildman–Crippen LogP) is 3.85. The van der Waals surface area contributed by atoms with E-state index in [2.05, 4.69) is 11.8 Å². The van der Waals surface area contributed by atoms with E-state index >= 15 is 0 Å². The van der Waals surface area contributed by atoms with Gasteiger partial charge in [-0.25, -0.2) is 0 Å². The Bertz CT molecular complexity index is 490. The van der Waals surface area contributed by atoms with Crippen LogP contribution in [0.25, 0.3) is 0 Å². The molecule has 0 amide bonds. The number of hydrogen-bond acceptors (Lipinski definition) is 1. The van der Waals surface area contributed by atoms with Crippen molar-refractivity contribution in [1.82, 2.24) is 0 Å². The number of nitrogens with one attached hydrogen (secondary N) is 1. The van der Waals surface area contributed by atoms with Crippen LogP contribution in [0.2, 0.25) is 0 Å². The third kappa shape index (κ3) is 3.35. The van der Waals surface area contributed by atoms with E-state index in [4.69, 9.17) is 5.41 Å². The van der Waals surface area contributed by atoms with E-state index < -0.39 is 11.7 Å². The SMILES string of the molecule is CCC#Cc1ccc(C(C)=N)c(C(F)(F)F)c1. The fourth-order valence-electron chi connectivity index (χ4n) is 1.37. The Balaban J connectivity index is 3.34. The van der Waals surface area contributed by atoms with Crippen molar-refractivity contribution in [2.24, 2.45) is 0 Å². The van der Waals surface area contributed by atoms with Crippen LogP contribution in [0.5, 0.6) is 0 Å². The largest absolute Gasteiger partial charge is 0.417 e. The maximum atomic E-state index is 12.8. The molecule has 0 saturated carbocycles. The van der Waals surface area contributed by atoms with Crippen LogP contribution >= 0.6 is 0 Å². The maximum absolute atomic E-state index is 12.8. The van der Waals surface area contributed by atoms with E-state index in [0.717, 1.165) is 6.07 Å². The molecule has 0 aliphatic heterocycles. The molecule has 1 rings (SSSR count). The van der Waals surface area contributed by atoms with E-state index in [1.807, 2.05) is 6.92 Å². The van der Waals surface area contributed by atoms with Gasteiger partial charge in [-0.3, -0.25) is 0 Å². The summed E-state index contributed by atoms with van der Waals surface area (Å²) in [5.41, 5.74) is -0.677. The van der Waals surface area contributed by atoms with E-state index in [1.165, 1.54) is 19.1 Å². The van der Waals surface area contributed by atoms with Crippen molar-refractivity contribution in [1.29, 1.82) is 5.41 Å². The summed E-state index contributed by atoms with van der Waals surface area (Å²) in [5, 5.41) is 7.33. The molecule has 0 heterocycles. The standard InChI is InChI=1S/C13H12F3N/c1-3-4-5-10-6-7-11(9(2)17)12(8-10)13(14,15)16/h6-8,17H,3H2,1-2H3. The summed E-state index contributed by atoms with van der Waals surface area (Å²) >= 11 is 0. The topological polar surface area (TPSA) is 23.9 Å². The summed E-state index contributed by atoms with van der Waals surface area (Å²) in [6.45, 7) is 3.16. The van der Waals surface area contributed by atoms with Crippen molar-refractivity contribution in [3.05, 3.63) is 34.9 Å². The molecule has 1 nitrogen and oxygen atoms in total. The van der Waals surface area contributed by atoms with Gasteiger partial charge in [-0.1, -0.05) is 24.8 Å². The second-order valence-corrected chi connectivity index (χ2v) is 3.54. The Morgan fingerprint density at radius 2 is 2.00 bits per heavy atom. The number of benzene rings is 1. The van der Waals surface area contributed by atoms with Crippen LogP contribution in [-0.2, 0) is 6.18 Å². The van der Waals surface area contributed by atoms with Gasteiger partial charge in [0.05, 0.1) is 5.56 Å². The molecule has 0 fully saturated rings. The summed E-state index contributed by atoms with van der Waals surface area (Å²) in [7, 11) is 0. The van der Waals surface area contributed by atoms with Crippen LogP contribution < -0.4 is 0 Å². The van der Waals surface area contributed by atoms with Crippen molar-refractivity contribution < 1.29 is 13.2 Å². The van der Waals surface area contributed by atoms with Crippen molar-refractivity contribution in [2.75, 3.05) is 0 Å². The van der Waals surface area contributed by atoms with Gasteiger partial charge in [0.2, 0.25) is 0 Å². The summed E-state index contributed by atoms with van der Waals surface area (Å²) in [4.78, 5) is 0. The lowest BCUT2D eigenvalue weighted by molar-refractivity contribution is -0.137. The lowest BCUT2D eigenvalue weighted by Gasteiger charge is -2.12. The van der Waals surface area contributed by atoms with Gasteiger partial charge in [0.15, 0.2) is 0 Å². The second-order valence-electron chi connectivity index (χ2n) is 3.54. The van der Waals surface area contributed by atoms with Crippen molar-refractivity contribution in [2.45, 2.75) is 26.4 Å². The molecule has 0 spiro atoms. The quantitative estimate of drug-likeness (QED) is 0.568. The van der Waals surface area contributed by atoms with Crippen molar-refractivity contribution in [3.63, 3.8) is 0 Å². The highest BCUT2D eigenvalue weighted by atomic mass is 19.4. The molecule has 0 saturated heterocycles. The molecule has 1 N–H and O–H groups in total. The third-order valence-corrected chi connectivity index (χ3v) is 2.14. The van der Waals surface area contributed by atoms with Gasteiger partial charge >= 0.3 is 6.18 Å². The third-order valence-electron chi connectivity index (χ3n) is 2.14. The van der Waals surface area contributed by atoms with Gasteiger partial charge in [-0.2, -0.15) is 13.2 Å². The van der Waals surface area contributed by atoms with Crippen molar-refractivity contribution in [3.8, 4) is 11.8 Å². The Kier molecular flexibility index (Phi) is 3.95. The zero-order valence-corrected chi connectivity index (χ0v) is 9.57. The van der Waals surface area contributed by atoms with Crippen LogP contribution in [0.1, 0.15) is 37.0 Å². The molecule has 0 atom stereocenters. The van der Waals surface area contributed by atoms with E-state index in [0.29, 0.717) is 12.0 Å². The van der Waals surface area contributed by atoms with Gasteiger partial charge in [-0.05, 0) is 19.1 Å². The molecule has 0 aromatic heterocycles. The molecule has 1 aromatic carbocycles. The minimum Gasteiger partial charge on any atom is -0.305 e. The van der Waals surface area contributed by atoms with Crippen LogP contribution in [-0.4, -0.2) is 5.71 Å². The average Bonchev–Trinajstić information content (AvgIpc) is 2.24. The summed E-state index contributed by atoms with van der Waals surface area (Å²) in [6, 6.07) is 3.80. The highest BCUT2D eigenvalue weighted by Crippen LogP contribution is 2.32. The molecule has 1 aromatic rings. The van der Waals surface area contributed by atoms with Crippen LogP contribution in [0.15, 0.2) is 18.2 Å². The molecule has 0 unspecified atom stereocenters. The Morgan fingerprint density at radius 3 is 2.47 bits per heavy atom. The first-order valence-corrected chi connectivity index (χ1v) is 5.12. The molecule has 17 heavy (non-hydrogen) atoms. The Morgan fingerprint density at radius 1 is 1.35 bits per heavy atom. The molecule has 90 valence electrons. The lowest BCUT2D eigenvalue weighted by atomic mass is 10.0. The maximum Gasteiger partial charge on any atom is 0.417 e. The molecular weight excluding hydrogens is 227 g/mol. The summed E-state index contributed by atoms with van der Waals surface area (Å²) in [5.74, 6) is 5.37. The van der Waals surface area contributed by atoms with Crippen LogP contribution in [0.3, 0.4) is 0 Å². The van der Waals surface area contributed by atoms with Crippen molar-refractivity contribution >= 4 is 5.71 Å². The highest BCUT2D eigenvalue weighted by Gasteiger charge is 2.33. The van der Waals surface area contributed by atoms with Gasteiger partial charge in [0, 0.05) is 23.3 Å². The Hall–Kier alpha value is -1.76. The van der Waals surface area contributed by atoms with Gasteiger partial charge in [-0.15, -0.1) is 0 Å². The molecule has 0 aliphatic carbocycles. The first-order valence-electron chi connectivity index (χ1n) is 5.12. The molecule has 0 aliphatic rings. The molecule has 4 heteroatoms. The fourth-order valence-corrected chi connectivity index (χ4v) is 1.37. The van der Waals surface area contributed by atoms with Gasteiger partial charge in [0.25, 0.3) is 0 Å². The van der Waals surface area contributed by atoms with Gasteiger partial charge in [0.1, 0.15) is 0 Å². The molecular formula is C13H12F3N. The molecule has 0 bridgehead atoms. The predicted molar refractivity (Wildman–Crippen MR) is 61.1 cm³/mol. The first-order chi connectivity index (χ1) is 7.86. The number of alkyl halides is 3. The number of hydrogen-bond donors (Lipinski definition) is 1. The van der Waals surface area contributed by atoms with E-state index in [1.54, 1.807) is 0 Å². The summed E-state index contributed by atoms with van der Waals surface area (Å²) in [6.07, 6.45) is -3.87. The molecule has 0 radical (unpaired) electrons. The second kappa shape index (κ2) is 5.05. The Labute approximate surface area is 98.2 Å². The summed E-state index contributed by atoms with van der Waals surface area (Å²) < 4.78 is 38.3. The van der Waals surface area contributed by atoms with Crippen LogP contribution in [0.4, 0.5) is 13.2 Å². The first kappa shape index (κ1) is 13.3. The zero-order valence-electron chi connectivity index (χ0n) is 9.57. The van der Waals surface area contributed by atoms with Gasteiger partial charge < -0.3 is 5.41 Å². The average molecular weight is 239 g/mol. The smallest absolute Gasteiger partial charge is 0.305 e. The lowest BCUT2D eigenvalue weighted by Crippen LogP contribution is -2.12. The van der Waals surface area contributed by atoms with E-state index in [9.17, 15) is 13.2 Å². The highest BCUT2D eigenvalue weighted by molar-refractivity contribution is 5.97. The number of rotatable bonds is 1. The van der Waals surface area contributed by atoms with Crippen LogP contribution in [0, 0.1) is 17.3 Å². The fraction of sp³-hybridized carbons (Fsp3) is 0.308. The minimum absolute atomic E-state index is 0.0976. The minimum atomic E-state index is -4.46. The number of halogens is 3.